The van der Waals surface area contributed by atoms with Gasteiger partial charge in [0.1, 0.15) is 0 Å². The molecule has 2 aliphatic heterocycles. The molecule has 1 spiro atoms. The van der Waals surface area contributed by atoms with Crippen LogP contribution in [0.5, 0.6) is 0 Å². The summed E-state index contributed by atoms with van der Waals surface area (Å²) >= 11 is 2.42. The van der Waals surface area contributed by atoms with E-state index in [0.717, 1.165) is 18.4 Å². The molecule has 0 saturated carbocycles. The number of hydrogen-bond donors (Lipinski definition) is 0. The molecule has 0 bridgehead atoms. The Balaban J connectivity index is 1.93. The topological polar surface area (TPSA) is 12.5 Å². The zero-order valence-corrected chi connectivity index (χ0v) is 11.3. The van der Waals surface area contributed by atoms with Crippen molar-refractivity contribution in [3.63, 3.8) is 0 Å². The van der Waals surface area contributed by atoms with Crippen LogP contribution in [-0.4, -0.2) is 28.4 Å². The van der Waals surface area contributed by atoms with Crippen molar-refractivity contribution in [2.24, 2.45) is 11.8 Å². The highest BCUT2D eigenvalue weighted by atomic mass is 127. The first-order chi connectivity index (χ1) is 6.61. The lowest BCUT2D eigenvalue weighted by atomic mass is 9.82. The van der Waals surface area contributed by atoms with Gasteiger partial charge in [0.2, 0.25) is 0 Å². The largest absolute Gasteiger partial charge is 0.375 e. The van der Waals surface area contributed by atoms with Gasteiger partial charge in [-0.05, 0) is 31.1 Å². The first kappa shape index (κ1) is 11.1. The Morgan fingerprint density at radius 2 is 2.00 bits per heavy atom. The fourth-order valence-corrected chi connectivity index (χ4v) is 3.03. The smallest absolute Gasteiger partial charge is 0.0711 e. The van der Waals surface area contributed by atoms with Crippen LogP contribution in [0.25, 0.3) is 0 Å². The first-order valence-corrected chi connectivity index (χ1v) is 6.62. The molecule has 1 atom stereocenters. The fraction of sp³-hybridized carbons (Fsp3) is 1.00. The van der Waals surface area contributed by atoms with E-state index in [2.05, 4.69) is 39.8 Å². The van der Waals surface area contributed by atoms with E-state index in [4.69, 9.17) is 4.74 Å². The minimum atomic E-state index is 0.261. The highest BCUT2D eigenvalue weighted by Gasteiger charge is 2.42. The first-order valence-electron chi connectivity index (χ1n) is 5.66. The highest BCUT2D eigenvalue weighted by molar-refractivity contribution is 14.1. The van der Waals surface area contributed by atoms with Crippen molar-refractivity contribution in [2.75, 3.05) is 19.7 Å². The van der Waals surface area contributed by atoms with Gasteiger partial charge in [0.15, 0.2) is 0 Å². The third kappa shape index (κ3) is 2.25. The lowest BCUT2D eigenvalue weighted by Gasteiger charge is -2.36. The Labute approximate surface area is 101 Å². The van der Waals surface area contributed by atoms with Gasteiger partial charge in [-0.1, -0.05) is 13.8 Å². The molecule has 0 amide bonds. The van der Waals surface area contributed by atoms with Crippen molar-refractivity contribution in [1.29, 1.82) is 0 Å². The lowest BCUT2D eigenvalue weighted by molar-refractivity contribution is -0.0283. The van der Waals surface area contributed by atoms with Crippen LogP contribution < -0.4 is 0 Å². The van der Waals surface area contributed by atoms with E-state index in [9.17, 15) is 0 Å². The van der Waals surface area contributed by atoms with Crippen molar-refractivity contribution in [3.8, 4) is 0 Å². The van der Waals surface area contributed by atoms with Gasteiger partial charge in [0.05, 0.1) is 12.2 Å². The lowest BCUT2D eigenvalue weighted by Crippen LogP contribution is -2.40. The molecule has 0 aromatic heterocycles. The SMILES string of the molecule is CC(C)C1COC2(CCN(I)CC2)C1. The molecule has 0 N–H and O–H groups in total. The Bertz CT molecular complexity index is 199. The van der Waals surface area contributed by atoms with E-state index in [1.54, 1.807) is 0 Å². The van der Waals surface area contributed by atoms with E-state index < -0.39 is 0 Å². The molecule has 0 aromatic carbocycles. The van der Waals surface area contributed by atoms with Crippen LogP contribution in [-0.2, 0) is 4.74 Å². The number of halogens is 1. The predicted molar refractivity (Wildman–Crippen MR) is 66.5 cm³/mol. The highest BCUT2D eigenvalue weighted by Crippen LogP contribution is 2.41. The maximum atomic E-state index is 6.07. The van der Waals surface area contributed by atoms with Crippen molar-refractivity contribution < 1.29 is 4.74 Å². The fourth-order valence-electron chi connectivity index (χ4n) is 2.54. The van der Waals surface area contributed by atoms with Crippen LogP contribution in [0.1, 0.15) is 33.1 Å². The van der Waals surface area contributed by atoms with Gasteiger partial charge in [0, 0.05) is 36.0 Å². The summed E-state index contributed by atoms with van der Waals surface area (Å²) in [5.41, 5.74) is 0.261. The molecule has 2 fully saturated rings. The third-order valence-corrected chi connectivity index (χ3v) is 4.77. The van der Waals surface area contributed by atoms with E-state index in [0.29, 0.717) is 0 Å². The molecule has 2 heterocycles. The van der Waals surface area contributed by atoms with Crippen LogP contribution >= 0.6 is 22.9 Å². The molecule has 0 aromatic rings. The van der Waals surface area contributed by atoms with Gasteiger partial charge in [-0.15, -0.1) is 0 Å². The number of piperidine rings is 1. The van der Waals surface area contributed by atoms with Gasteiger partial charge < -0.3 is 4.74 Å². The summed E-state index contributed by atoms with van der Waals surface area (Å²) in [6, 6.07) is 0. The summed E-state index contributed by atoms with van der Waals surface area (Å²) in [6.45, 7) is 8.04. The Morgan fingerprint density at radius 3 is 2.50 bits per heavy atom. The summed E-state index contributed by atoms with van der Waals surface area (Å²) < 4.78 is 8.46. The maximum absolute atomic E-state index is 6.07. The quantitative estimate of drug-likeness (QED) is 0.545. The molecule has 82 valence electrons. The van der Waals surface area contributed by atoms with Crippen LogP contribution in [0, 0.1) is 11.8 Å². The number of ether oxygens (including phenoxy) is 1. The minimum absolute atomic E-state index is 0.261. The third-order valence-electron chi connectivity index (χ3n) is 3.80. The molecule has 14 heavy (non-hydrogen) atoms. The predicted octanol–water partition coefficient (Wildman–Crippen LogP) is 2.86. The molecule has 2 saturated heterocycles. The molecule has 2 rings (SSSR count). The van der Waals surface area contributed by atoms with Crippen molar-refractivity contribution in [1.82, 2.24) is 3.11 Å². The molecule has 2 aliphatic rings. The molecule has 3 heteroatoms. The summed E-state index contributed by atoms with van der Waals surface area (Å²) in [4.78, 5) is 0. The van der Waals surface area contributed by atoms with Gasteiger partial charge in [-0.25, -0.2) is 3.11 Å². The average Bonchev–Trinajstić information content (AvgIpc) is 2.56. The molecular weight excluding hydrogens is 289 g/mol. The second-order valence-corrected chi connectivity index (χ2v) is 6.48. The summed E-state index contributed by atoms with van der Waals surface area (Å²) in [5, 5.41) is 0. The van der Waals surface area contributed by atoms with E-state index in [1.807, 2.05) is 0 Å². The van der Waals surface area contributed by atoms with Crippen molar-refractivity contribution in [3.05, 3.63) is 0 Å². The van der Waals surface area contributed by atoms with Gasteiger partial charge in [-0.2, -0.15) is 0 Å². The zero-order valence-electron chi connectivity index (χ0n) is 9.13. The van der Waals surface area contributed by atoms with E-state index >= 15 is 0 Å². The Morgan fingerprint density at radius 1 is 1.36 bits per heavy atom. The van der Waals surface area contributed by atoms with E-state index in [1.165, 1.54) is 32.4 Å². The van der Waals surface area contributed by atoms with Crippen LogP contribution in [0.2, 0.25) is 0 Å². The van der Waals surface area contributed by atoms with Crippen molar-refractivity contribution >= 4 is 22.9 Å². The molecule has 0 radical (unpaired) electrons. The van der Waals surface area contributed by atoms with E-state index in [-0.39, 0.29) is 5.60 Å². The number of rotatable bonds is 1. The van der Waals surface area contributed by atoms with Crippen LogP contribution in [0.15, 0.2) is 0 Å². The number of nitrogens with zero attached hydrogens (tertiary/aromatic N) is 1. The molecular formula is C11H20INO. The average molecular weight is 309 g/mol. The van der Waals surface area contributed by atoms with Gasteiger partial charge in [0.25, 0.3) is 0 Å². The van der Waals surface area contributed by atoms with Gasteiger partial charge in [-0.3, -0.25) is 0 Å². The monoisotopic (exact) mass is 309 g/mol. The minimum Gasteiger partial charge on any atom is -0.375 e. The van der Waals surface area contributed by atoms with Crippen LogP contribution in [0.3, 0.4) is 0 Å². The van der Waals surface area contributed by atoms with Gasteiger partial charge >= 0.3 is 0 Å². The van der Waals surface area contributed by atoms with Crippen LogP contribution in [0.4, 0.5) is 0 Å². The summed E-state index contributed by atoms with van der Waals surface area (Å²) in [5.74, 6) is 1.59. The standard InChI is InChI=1S/C11H20INO/c1-9(2)10-7-11(14-8-10)3-5-13(12)6-4-11/h9-10H,3-8H2,1-2H3. The second kappa shape index (κ2) is 4.26. The normalized spacial score (nSPS) is 33.0. The number of hydrogen-bond acceptors (Lipinski definition) is 2. The Hall–Kier alpha value is 0.650. The molecule has 0 aliphatic carbocycles. The molecule has 2 nitrogen and oxygen atoms in total. The summed E-state index contributed by atoms with van der Waals surface area (Å²) in [6.07, 6.45) is 3.77. The zero-order chi connectivity index (χ0) is 10.2. The maximum Gasteiger partial charge on any atom is 0.0711 e. The molecule has 1 unspecified atom stereocenters. The second-order valence-electron chi connectivity index (χ2n) is 5.11. The Kier molecular flexibility index (Phi) is 3.39. The van der Waals surface area contributed by atoms with Crippen molar-refractivity contribution in [2.45, 2.75) is 38.7 Å². The summed E-state index contributed by atoms with van der Waals surface area (Å²) in [7, 11) is 0.